The van der Waals surface area contributed by atoms with E-state index < -0.39 is 5.97 Å². The number of nitrogens with zero attached hydrogens (tertiary/aromatic N) is 3. The molecule has 2 N–H and O–H groups in total. The van der Waals surface area contributed by atoms with Crippen molar-refractivity contribution in [3.8, 4) is 34.8 Å². The molecule has 0 saturated carbocycles. The second-order valence-corrected chi connectivity index (χ2v) is 10.8. The van der Waals surface area contributed by atoms with Crippen LogP contribution in [-0.4, -0.2) is 27.0 Å². The standard InChI is InChI=1S/C22H20N2O4.C18H16N2O2/c1-16(25)24(15-18-9-6-7-13-21(18)27-17(2)26)20-12-8-14-23-22(20)28-19-10-4-3-5-11-19;21-17-11-5-4-7-14(17)13-20-16-10-6-12-19-18(16)22-15-8-2-1-3-9-15/h3-14H,15H2,1-2H3;1-12,20-21H,13H2. The maximum Gasteiger partial charge on any atom is 0.308 e. The summed E-state index contributed by atoms with van der Waals surface area (Å²) in [6.07, 6.45) is 3.29. The van der Waals surface area contributed by atoms with Crippen molar-refractivity contribution in [2.24, 2.45) is 0 Å². The maximum atomic E-state index is 12.4. The van der Waals surface area contributed by atoms with Gasteiger partial charge in [0.15, 0.2) is 0 Å². The van der Waals surface area contributed by atoms with E-state index in [1.54, 1.807) is 48.8 Å². The lowest BCUT2D eigenvalue weighted by Gasteiger charge is -2.24. The fourth-order valence-electron chi connectivity index (χ4n) is 4.75. The zero-order valence-electron chi connectivity index (χ0n) is 27.6. The number of carbonyl (C=O) groups excluding carboxylic acids is 2. The molecular formula is C40H36N4O6. The third-order valence-corrected chi connectivity index (χ3v) is 7.12. The number of rotatable bonds is 11. The summed E-state index contributed by atoms with van der Waals surface area (Å²) in [6.45, 7) is 3.50. The van der Waals surface area contributed by atoms with Crippen molar-refractivity contribution in [1.82, 2.24) is 9.97 Å². The predicted molar refractivity (Wildman–Crippen MR) is 192 cm³/mol. The van der Waals surface area contributed by atoms with Crippen molar-refractivity contribution in [3.05, 3.63) is 157 Å². The number of benzene rings is 4. The van der Waals surface area contributed by atoms with Gasteiger partial charge in [-0.1, -0.05) is 72.8 Å². The number of nitrogens with one attached hydrogen (secondary N) is 1. The van der Waals surface area contributed by atoms with Crippen molar-refractivity contribution in [1.29, 1.82) is 0 Å². The summed E-state index contributed by atoms with van der Waals surface area (Å²) in [5, 5.41) is 13.0. The van der Waals surface area contributed by atoms with Crippen LogP contribution in [0.5, 0.6) is 34.8 Å². The van der Waals surface area contributed by atoms with Crippen LogP contribution in [0.1, 0.15) is 25.0 Å². The Labute approximate surface area is 290 Å². The van der Waals surface area contributed by atoms with E-state index >= 15 is 0 Å². The zero-order chi connectivity index (χ0) is 35.1. The molecule has 6 rings (SSSR count). The summed E-state index contributed by atoms with van der Waals surface area (Å²) < 4.78 is 16.9. The van der Waals surface area contributed by atoms with Crippen molar-refractivity contribution < 1.29 is 28.9 Å². The first kappa shape index (κ1) is 34.6. The van der Waals surface area contributed by atoms with E-state index in [1.165, 1.54) is 18.7 Å². The van der Waals surface area contributed by atoms with E-state index in [0.717, 1.165) is 17.0 Å². The van der Waals surface area contributed by atoms with Crippen molar-refractivity contribution in [2.75, 3.05) is 10.2 Å². The lowest BCUT2D eigenvalue weighted by Crippen LogP contribution is -2.28. The van der Waals surface area contributed by atoms with Gasteiger partial charge in [-0.05, 0) is 60.7 Å². The molecule has 252 valence electrons. The fraction of sp³-hybridized carbons (Fsp3) is 0.100. The third-order valence-electron chi connectivity index (χ3n) is 7.12. The Kier molecular flexibility index (Phi) is 12.1. The van der Waals surface area contributed by atoms with Crippen LogP contribution < -0.4 is 24.4 Å². The van der Waals surface area contributed by atoms with Gasteiger partial charge in [-0.2, -0.15) is 0 Å². The summed E-state index contributed by atoms with van der Waals surface area (Å²) in [4.78, 5) is 33.9. The van der Waals surface area contributed by atoms with E-state index in [0.29, 0.717) is 41.1 Å². The Balaban J connectivity index is 0.000000200. The number of ether oxygens (including phenoxy) is 3. The van der Waals surface area contributed by atoms with Gasteiger partial charge in [-0.3, -0.25) is 9.59 Å². The van der Waals surface area contributed by atoms with Crippen molar-refractivity contribution in [3.63, 3.8) is 0 Å². The normalized spacial score (nSPS) is 10.2. The van der Waals surface area contributed by atoms with Crippen LogP contribution in [0.25, 0.3) is 0 Å². The largest absolute Gasteiger partial charge is 0.508 e. The van der Waals surface area contributed by atoms with Crippen LogP contribution in [0.2, 0.25) is 0 Å². The third kappa shape index (κ3) is 9.91. The van der Waals surface area contributed by atoms with Crippen LogP contribution in [0.15, 0.2) is 146 Å². The molecule has 0 aliphatic carbocycles. The lowest BCUT2D eigenvalue weighted by molar-refractivity contribution is -0.131. The number of hydrogen-bond donors (Lipinski definition) is 2. The number of pyridine rings is 2. The molecule has 0 unspecified atom stereocenters. The van der Waals surface area contributed by atoms with Crippen molar-refractivity contribution in [2.45, 2.75) is 26.9 Å². The number of amides is 1. The van der Waals surface area contributed by atoms with Crippen LogP contribution in [0.4, 0.5) is 11.4 Å². The van der Waals surface area contributed by atoms with Gasteiger partial charge in [0.2, 0.25) is 17.7 Å². The molecule has 10 heteroatoms. The number of hydrogen-bond acceptors (Lipinski definition) is 9. The number of carbonyl (C=O) groups is 2. The molecule has 1 amide bonds. The Hall–Kier alpha value is -6.68. The van der Waals surface area contributed by atoms with Gasteiger partial charge in [-0.25, -0.2) is 9.97 Å². The second-order valence-electron chi connectivity index (χ2n) is 10.8. The highest BCUT2D eigenvalue weighted by atomic mass is 16.5. The number of para-hydroxylation sites is 4. The smallest absolute Gasteiger partial charge is 0.308 e. The molecule has 0 spiro atoms. The van der Waals surface area contributed by atoms with E-state index in [-0.39, 0.29) is 18.2 Å². The minimum absolute atomic E-state index is 0.191. The number of anilines is 2. The molecule has 0 radical (unpaired) electrons. The topological polar surface area (TPSA) is 123 Å². The van der Waals surface area contributed by atoms with E-state index in [9.17, 15) is 14.7 Å². The molecule has 4 aromatic carbocycles. The van der Waals surface area contributed by atoms with E-state index in [2.05, 4.69) is 15.3 Å². The molecule has 50 heavy (non-hydrogen) atoms. The van der Waals surface area contributed by atoms with Gasteiger partial charge < -0.3 is 29.5 Å². The summed E-state index contributed by atoms with van der Waals surface area (Å²) in [5.41, 5.74) is 2.81. The summed E-state index contributed by atoms with van der Waals surface area (Å²) in [5.74, 6) is 2.23. The molecule has 0 fully saturated rings. The van der Waals surface area contributed by atoms with E-state index in [4.69, 9.17) is 14.2 Å². The monoisotopic (exact) mass is 668 g/mol. The number of aromatic nitrogens is 2. The zero-order valence-corrected chi connectivity index (χ0v) is 27.6. The van der Waals surface area contributed by atoms with Gasteiger partial charge in [0.25, 0.3) is 0 Å². The Morgan fingerprint density at radius 3 is 1.86 bits per heavy atom. The van der Waals surface area contributed by atoms with Crippen LogP contribution in [-0.2, 0) is 22.7 Å². The Morgan fingerprint density at radius 1 is 0.660 bits per heavy atom. The molecule has 0 saturated heterocycles. The summed E-state index contributed by atoms with van der Waals surface area (Å²) in [7, 11) is 0. The average Bonchev–Trinajstić information content (AvgIpc) is 3.13. The molecule has 10 nitrogen and oxygen atoms in total. The Bertz CT molecular complexity index is 2010. The summed E-state index contributed by atoms with van der Waals surface area (Å²) in [6, 6.07) is 40.3. The highest BCUT2D eigenvalue weighted by Crippen LogP contribution is 2.33. The summed E-state index contributed by atoms with van der Waals surface area (Å²) >= 11 is 0. The van der Waals surface area contributed by atoms with Gasteiger partial charge in [0.1, 0.15) is 28.7 Å². The highest BCUT2D eigenvalue weighted by Gasteiger charge is 2.20. The van der Waals surface area contributed by atoms with Gasteiger partial charge >= 0.3 is 5.97 Å². The van der Waals surface area contributed by atoms with Crippen LogP contribution in [0, 0.1) is 0 Å². The molecule has 2 heterocycles. The number of phenolic OH excluding ortho intramolecular Hbond substituents is 1. The fourth-order valence-corrected chi connectivity index (χ4v) is 4.75. The minimum atomic E-state index is -0.420. The molecular weight excluding hydrogens is 632 g/mol. The van der Waals surface area contributed by atoms with Crippen LogP contribution in [0.3, 0.4) is 0 Å². The van der Waals surface area contributed by atoms with E-state index in [1.807, 2.05) is 97.1 Å². The second kappa shape index (κ2) is 17.5. The first-order valence-corrected chi connectivity index (χ1v) is 15.8. The van der Waals surface area contributed by atoms with Crippen molar-refractivity contribution >= 4 is 23.3 Å². The molecule has 0 atom stereocenters. The quantitative estimate of drug-likeness (QED) is 0.103. The van der Waals surface area contributed by atoms with Gasteiger partial charge in [-0.15, -0.1) is 0 Å². The highest BCUT2D eigenvalue weighted by molar-refractivity contribution is 5.92. The maximum absolute atomic E-state index is 12.4. The van der Waals surface area contributed by atoms with Gasteiger partial charge in [0, 0.05) is 43.9 Å². The molecule has 0 bridgehead atoms. The first-order valence-electron chi connectivity index (χ1n) is 15.8. The molecule has 0 aliphatic heterocycles. The first-order chi connectivity index (χ1) is 24.4. The SMILES string of the molecule is CC(=O)Oc1ccccc1CN(C(C)=O)c1cccnc1Oc1ccccc1.Oc1ccccc1CNc1cccnc1Oc1ccccc1. The number of esters is 1. The molecule has 6 aromatic rings. The predicted octanol–water partition coefficient (Wildman–Crippen LogP) is 8.54. The minimum Gasteiger partial charge on any atom is -0.508 e. The Morgan fingerprint density at radius 2 is 1.22 bits per heavy atom. The number of aromatic hydroxyl groups is 1. The molecule has 0 aliphatic rings. The van der Waals surface area contributed by atoms with Crippen LogP contribution >= 0.6 is 0 Å². The molecule has 2 aromatic heterocycles. The van der Waals surface area contributed by atoms with Gasteiger partial charge in [0.05, 0.1) is 12.2 Å². The average molecular weight is 669 g/mol. The lowest BCUT2D eigenvalue weighted by atomic mass is 10.1. The number of phenols is 1.